The van der Waals surface area contributed by atoms with Crippen LogP contribution in [0.25, 0.3) is 15.4 Å². The first-order valence-corrected chi connectivity index (χ1v) is 39.1. The summed E-state index contributed by atoms with van der Waals surface area (Å²) >= 11 is 3.12. The molecule has 3 aromatic carbocycles. The number of amides is 12. The van der Waals surface area contributed by atoms with Crippen LogP contribution in [0.15, 0.2) is 95.5 Å². The van der Waals surface area contributed by atoms with Crippen LogP contribution in [0.5, 0.6) is 0 Å². The SMILES string of the molecule is Cc1ncsc1-c1ccc(CNC(=O)[C@@H]2C[C@@H](O)CN2C(=O)[C@@H](NC(=O)COCCOCCOCCNC(=O)C[C@@H]2N=C(c3ccc(NC(=O)OCc4ccc(NC(=O)[C@H](CCCNC(N)=O)NC(=O)C5(C(=O)NCCCCCN6C(=O)C=CC6=O)CCC5)cc4)cc3)c3c(sc(C)c3C)-n3c(C)nnc32)C(C)(C)C)cc1. The molecule has 4 aliphatic rings. The number of likely N-dealkylation sites (tertiary alicyclic amines) is 1. The Morgan fingerprint density at radius 2 is 1.38 bits per heavy atom. The average Bonchev–Trinajstić information content (AvgIpc) is 1.39. The van der Waals surface area contributed by atoms with E-state index in [9.17, 15) is 57.8 Å². The molecule has 1 saturated carbocycles. The van der Waals surface area contributed by atoms with E-state index in [1.54, 1.807) is 85.4 Å². The van der Waals surface area contributed by atoms with Crippen LogP contribution in [0.1, 0.15) is 141 Å². The summed E-state index contributed by atoms with van der Waals surface area (Å²) < 4.78 is 24.5. The third-order valence-corrected chi connectivity index (χ3v) is 22.0. The molecule has 34 heteroatoms. The number of aliphatic hydroxyl groups is 1. The monoisotopic (exact) mass is 1580 g/mol. The van der Waals surface area contributed by atoms with Gasteiger partial charge in [-0.25, -0.2) is 14.6 Å². The van der Waals surface area contributed by atoms with Gasteiger partial charge in [0, 0.05) is 85.2 Å². The third-order valence-electron chi connectivity index (χ3n) is 19.8. The number of anilines is 2. The first-order chi connectivity index (χ1) is 53.7. The number of hydrogen-bond acceptors (Lipinski definition) is 22. The lowest BCUT2D eigenvalue weighted by Gasteiger charge is -2.39. The molecule has 0 unspecified atom stereocenters. The number of nitrogens with two attached hydrogens (primary N) is 1. The Kier molecular flexibility index (Phi) is 29.2. The molecule has 1 aliphatic carbocycles. The number of nitrogens with one attached hydrogen (secondary N) is 8. The standard InChI is InChI=1S/C78H98N16O16S2/c1-46-48(3)112-72-64(46)65(52-20-24-55(25-21-52)86-76(106)110-43-51-16-22-54(23-17-51)85-69(100)57(13-11-31-82-75(79)105)88-74(104)78(28-12-29-78)73(103)81-30-9-8-10-33-92-62(98)26-27-63(92)99)87-58(68-91-90-49(4)94(68)72)40-60(96)80-32-34-107-35-36-108-37-38-109-44-61(97)89-67(77(5,6)7)71(102)93-42-56(95)39-59(93)70(101)83-41-50-14-18-53(19-15-50)66-47(2)84-45-111-66/h14-27,45,56-59,67,95H,8-13,28-44H2,1-7H3,(H,80,96)(H,81,103)(H,83,101)(H,85,100)(H,86,106)(H,88,104)(H,89,97)(H3,79,82,105)/t56-,57+,58+,59+,67-/m1/s1. The van der Waals surface area contributed by atoms with E-state index in [4.69, 9.17) is 29.7 Å². The number of imide groups is 1. The van der Waals surface area contributed by atoms with Crippen LogP contribution in [0.4, 0.5) is 21.0 Å². The van der Waals surface area contributed by atoms with Gasteiger partial charge in [0.1, 0.15) is 53.6 Å². The third kappa shape index (κ3) is 21.9. The molecule has 5 atom stereocenters. The molecule has 6 aromatic rings. The topological polar surface area (TPSA) is 430 Å². The van der Waals surface area contributed by atoms with Crippen LogP contribution >= 0.6 is 22.7 Å². The van der Waals surface area contributed by atoms with Crippen LogP contribution in [0.2, 0.25) is 0 Å². The number of benzene rings is 3. The molecule has 1 saturated heterocycles. The van der Waals surface area contributed by atoms with Crippen molar-refractivity contribution >= 4 is 105 Å². The lowest BCUT2D eigenvalue weighted by molar-refractivity contribution is -0.151. The largest absolute Gasteiger partial charge is 0.444 e. The fourth-order valence-electron chi connectivity index (χ4n) is 13.3. The quantitative estimate of drug-likeness (QED) is 0.0122. The number of aliphatic imine (C=N–C) groups is 1. The number of thiazole rings is 1. The number of hydrogen-bond donors (Lipinski definition) is 10. The van der Waals surface area contributed by atoms with Gasteiger partial charge >= 0.3 is 12.1 Å². The van der Waals surface area contributed by atoms with Crippen molar-refractivity contribution in [3.05, 3.63) is 140 Å². The molecular weight excluding hydrogens is 1480 g/mol. The Labute approximate surface area is 656 Å². The van der Waals surface area contributed by atoms with E-state index in [0.29, 0.717) is 65.5 Å². The number of fused-ring (bicyclic) bond motifs is 3. The normalized spacial score (nSPS) is 16.7. The summed E-state index contributed by atoms with van der Waals surface area (Å²) in [5, 5.41) is 42.8. The van der Waals surface area contributed by atoms with E-state index >= 15 is 0 Å². The molecule has 10 rings (SSSR count). The van der Waals surface area contributed by atoms with Crippen molar-refractivity contribution in [2.24, 2.45) is 21.6 Å². The van der Waals surface area contributed by atoms with Crippen molar-refractivity contribution in [3.8, 4) is 15.4 Å². The Balaban J connectivity index is 0.639. The molecule has 3 aromatic heterocycles. The minimum Gasteiger partial charge on any atom is -0.444 e. The number of unbranched alkanes of at least 4 members (excludes halogenated alkanes) is 2. The van der Waals surface area contributed by atoms with Crippen LogP contribution in [0, 0.1) is 38.5 Å². The number of β-amino-alcohol motifs (C(OH)–C–C–N with tert-alkyl or cyclic N) is 1. The van der Waals surface area contributed by atoms with E-state index in [2.05, 4.69) is 57.7 Å². The zero-order valence-electron chi connectivity index (χ0n) is 63.9. The van der Waals surface area contributed by atoms with Crippen LogP contribution in [-0.2, 0) is 75.2 Å². The highest BCUT2D eigenvalue weighted by Crippen LogP contribution is 2.43. The maximum absolute atomic E-state index is 14.1. The molecule has 0 radical (unpaired) electrons. The smallest absolute Gasteiger partial charge is 0.411 e. The van der Waals surface area contributed by atoms with Gasteiger partial charge < -0.3 is 71.9 Å². The lowest BCUT2D eigenvalue weighted by atomic mass is 9.67. The summed E-state index contributed by atoms with van der Waals surface area (Å²) in [4.78, 5) is 158. The molecule has 3 aliphatic heterocycles. The minimum absolute atomic E-state index is 0.0566. The fraction of sp³-hybridized carbons (Fsp3) is 0.474. The van der Waals surface area contributed by atoms with Gasteiger partial charge in [-0.2, -0.15) is 0 Å². The number of aromatic nitrogens is 4. The molecule has 2 fully saturated rings. The maximum atomic E-state index is 14.1. The van der Waals surface area contributed by atoms with E-state index in [-0.39, 0.29) is 142 Å². The first kappa shape index (κ1) is 83.8. The van der Waals surface area contributed by atoms with Crippen molar-refractivity contribution in [3.63, 3.8) is 0 Å². The first-order valence-electron chi connectivity index (χ1n) is 37.4. The van der Waals surface area contributed by atoms with Gasteiger partial charge in [0.25, 0.3) is 11.8 Å². The lowest BCUT2D eigenvalue weighted by Crippen LogP contribution is -2.58. The van der Waals surface area contributed by atoms with Gasteiger partial charge in [-0.1, -0.05) is 75.7 Å². The summed E-state index contributed by atoms with van der Waals surface area (Å²) in [5.74, 6) is -2.94. The molecular formula is C78H98N16O16S2. The van der Waals surface area contributed by atoms with E-state index in [1.165, 1.54) is 17.1 Å². The van der Waals surface area contributed by atoms with Crippen molar-refractivity contribution in [2.75, 3.05) is 83.0 Å². The molecule has 6 heterocycles. The van der Waals surface area contributed by atoms with Gasteiger partial charge in [-0.05, 0) is 125 Å². The second-order valence-electron chi connectivity index (χ2n) is 29.0. The van der Waals surface area contributed by atoms with Gasteiger partial charge in [0.05, 0.1) is 67.4 Å². The highest BCUT2D eigenvalue weighted by molar-refractivity contribution is 7.15. The summed E-state index contributed by atoms with van der Waals surface area (Å²) in [6.07, 6.45) is 4.10. The van der Waals surface area contributed by atoms with Crippen molar-refractivity contribution in [1.82, 2.24) is 61.4 Å². The number of aryl methyl sites for hydroxylation is 3. The maximum Gasteiger partial charge on any atom is 0.411 e. The Bertz CT molecular complexity index is 4430. The second-order valence-corrected chi connectivity index (χ2v) is 31.1. The van der Waals surface area contributed by atoms with E-state index < -0.39 is 88.7 Å². The van der Waals surface area contributed by atoms with Crippen LogP contribution in [0.3, 0.4) is 0 Å². The molecule has 0 bridgehead atoms. The van der Waals surface area contributed by atoms with E-state index in [1.807, 2.05) is 68.7 Å². The van der Waals surface area contributed by atoms with Crippen LogP contribution in [-0.4, -0.2) is 202 Å². The zero-order chi connectivity index (χ0) is 80.2. The number of nitrogens with zero attached hydrogens (tertiary/aromatic N) is 7. The number of primary amides is 1. The Morgan fingerprint density at radius 3 is 2.04 bits per heavy atom. The number of carbonyl (C=O) groups is 11. The minimum atomic E-state index is -1.38. The van der Waals surface area contributed by atoms with Gasteiger partial charge in [-0.15, -0.1) is 32.9 Å². The molecule has 0 spiro atoms. The fourth-order valence-corrected chi connectivity index (χ4v) is 15.3. The molecule has 598 valence electrons. The number of ether oxygens (including phenoxy) is 4. The predicted octanol–water partition coefficient (Wildman–Crippen LogP) is 5.95. The number of urea groups is 1. The van der Waals surface area contributed by atoms with Crippen LogP contribution < -0.4 is 48.3 Å². The average molecular weight is 1580 g/mol. The number of aliphatic hydroxyl groups excluding tert-OH is 1. The summed E-state index contributed by atoms with van der Waals surface area (Å²) in [7, 11) is 0. The summed E-state index contributed by atoms with van der Waals surface area (Å²) in [6, 6.07) is 16.9. The Morgan fingerprint density at radius 1 is 0.714 bits per heavy atom. The highest BCUT2D eigenvalue weighted by Gasteiger charge is 2.52. The van der Waals surface area contributed by atoms with Gasteiger partial charge in [0.2, 0.25) is 41.4 Å². The number of rotatable bonds is 38. The van der Waals surface area contributed by atoms with Crippen molar-refractivity contribution < 1.29 is 76.8 Å². The van der Waals surface area contributed by atoms with Crippen molar-refractivity contribution in [2.45, 2.75) is 156 Å². The highest BCUT2D eigenvalue weighted by atomic mass is 32.1. The zero-order valence-corrected chi connectivity index (χ0v) is 65.5. The Hall–Kier alpha value is -10.7. The van der Waals surface area contributed by atoms with E-state index in [0.717, 1.165) is 47.6 Å². The predicted molar refractivity (Wildman–Crippen MR) is 417 cm³/mol. The van der Waals surface area contributed by atoms with Gasteiger partial charge in [0.15, 0.2) is 5.82 Å². The van der Waals surface area contributed by atoms with Gasteiger partial charge in [-0.3, -0.25) is 62.9 Å². The summed E-state index contributed by atoms with van der Waals surface area (Å²) in [5.41, 5.74) is 12.3. The number of thiophene rings is 1. The molecule has 11 N–H and O–H groups in total. The summed E-state index contributed by atoms with van der Waals surface area (Å²) in [6.45, 7) is 14.6. The van der Waals surface area contributed by atoms with Crippen molar-refractivity contribution in [1.29, 1.82) is 0 Å². The molecule has 112 heavy (non-hydrogen) atoms. The molecule has 12 amide bonds. The second kappa shape index (κ2) is 39.0. The number of carbonyl (C=O) groups excluding carboxylic acids is 11. The molecule has 32 nitrogen and oxygen atoms in total.